The van der Waals surface area contributed by atoms with Gasteiger partial charge < -0.3 is 4.74 Å². The Labute approximate surface area is 158 Å². The second-order valence-corrected chi connectivity index (χ2v) is 7.62. The zero-order valence-corrected chi connectivity index (χ0v) is 16.0. The molecule has 0 amide bonds. The lowest BCUT2D eigenvalue weighted by molar-refractivity contribution is 0.0518. The van der Waals surface area contributed by atoms with Gasteiger partial charge in [0.2, 0.25) is 0 Å². The fourth-order valence-electron chi connectivity index (χ4n) is 3.55. The first-order valence-electron chi connectivity index (χ1n) is 9.09. The van der Waals surface area contributed by atoms with Crippen LogP contribution in [0.4, 0.5) is 0 Å². The maximum Gasteiger partial charge on any atom is 0.357 e. The molecule has 6 heteroatoms. The number of para-hydroxylation sites is 1. The second-order valence-electron chi connectivity index (χ2n) is 7.62. The van der Waals surface area contributed by atoms with Crippen LogP contribution in [0.2, 0.25) is 0 Å². The first-order valence-corrected chi connectivity index (χ1v) is 9.09. The van der Waals surface area contributed by atoms with E-state index in [0.29, 0.717) is 18.7 Å². The van der Waals surface area contributed by atoms with E-state index in [1.165, 1.54) is 6.33 Å². The summed E-state index contributed by atoms with van der Waals surface area (Å²) in [5.41, 5.74) is 4.73. The summed E-state index contributed by atoms with van der Waals surface area (Å²) >= 11 is 0. The number of esters is 1. The summed E-state index contributed by atoms with van der Waals surface area (Å²) in [6.07, 6.45) is 3.84. The summed E-state index contributed by atoms with van der Waals surface area (Å²) in [5.74, 6) is 0.557. The minimum atomic E-state index is -0.419. The van der Waals surface area contributed by atoms with E-state index in [1.807, 2.05) is 24.4 Å². The molecule has 3 aromatic rings. The number of ether oxygens (including phenoxy) is 1. The van der Waals surface area contributed by atoms with E-state index in [0.717, 1.165) is 34.0 Å². The van der Waals surface area contributed by atoms with E-state index in [-0.39, 0.29) is 5.41 Å². The van der Waals surface area contributed by atoms with E-state index in [1.54, 1.807) is 6.92 Å². The number of benzene rings is 1. The van der Waals surface area contributed by atoms with Crippen molar-refractivity contribution in [3.05, 3.63) is 59.6 Å². The molecule has 0 fully saturated rings. The predicted molar refractivity (Wildman–Crippen MR) is 102 cm³/mol. The van der Waals surface area contributed by atoms with Crippen LogP contribution >= 0.6 is 0 Å². The van der Waals surface area contributed by atoms with Crippen LogP contribution in [0.1, 0.15) is 55.3 Å². The van der Waals surface area contributed by atoms with E-state index in [4.69, 9.17) is 9.72 Å². The molecule has 1 aliphatic heterocycles. The third kappa shape index (κ3) is 2.81. The number of fused-ring (bicyclic) bond motifs is 5. The summed E-state index contributed by atoms with van der Waals surface area (Å²) in [7, 11) is 0. The quantitative estimate of drug-likeness (QED) is 0.509. The average molecular weight is 362 g/mol. The molecule has 0 aliphatic carbocycles. The Kier molecular flexibility index (Phi) is 4.06. The summed E-state index contributed by atoms with van der Waals surface area (Å²) in [4.78, 5) is 25.9. The Hall–Kier alpha value is -3.02. The molecule has 0 radical (unpaired) electrons. The number of carbonyl (C=O) groups is 1. The van der Waals surface area contributed by atoms with E-state index >= 15 is 0 Å². The topological polar surface area (TPSA) is 69.9 Å². The molecule has 3 heterocycles. The number of rotatable bonds is 2. The smallest absolute Gasteiger partial charge is 0.357 e. The van der Waals surface area contributed by atoms with E-state index < -0.39 is 5.97 Å². The molecule has 0 unspecified atom stereocenters. The Bertz CT molecular complexity index is 1030. The van der Waals surface area contributed by atoms with Crippen molar-refractivity contribution in [2.45, 2.75) is 39.5 Å². The molecular weight excluding hydrogens is 340 g/mol. The van der Waals surface area contributed by atoms with Gasteiger partial charge in [-0.15, -0.1) is 0 Å². The Morgan fingerprint density at radius 3 is 2.70 bits per heavy atom. The lowest BCUT2D eigenvalue weighted by Gasteiger charge is -2.21. The molecule has 0 N–H and O–H groups in total. The molecule has 0 atom stereocenters. The molecule has 0 bridgehead atoms. The number of nitrogens with zero attached hydrogens (tertiary/aromatic N) is 4. The maximum atomic E-state index is 12.5. The van der Waals surface area contributed by atoms with Crippen molar-refractivity contribution in [1.29, 1.82) is 0 Å². The van der Waals surface area contributed by atoms with Crippen LogP contribution in [0.3, 0.4) is 0 Å². The Balaban J connectivity index is 2.02. The summed E-state index contributed by atoms with van der Waals surface area (Å²) < 4.78 is 7.41. The van der Waals surface area contributed by atoms with E-state index in [9.17, 15) is 4.79 Å². The van der Waals surface area contributed by atoms with Gasteiger partial charge in [-0.05, 0) is 13.0 Å². The van der Waals surface area contributed by atoms with Gasteiger partial charge in [-0.1, -0.05) is 39.0 Å². The molecule has 1 aliphatic rings. The highest BCUT2D eigenvalue weighted by Gasteiger charge is 2.30. The Morgan fingerprint density at radius 1 is 1.19 bits per heavy atom. The van der Waals surface area contributed by atoms with Crippen molar-refractivity contribution < 1.29 is 9.53 Å². The number of hydrogen-bond acceptors (Lipinski definition) is 5. The first kappa shape index (κ1) is 17.4. The molecule has 2 aromatic heterocycles. The standard InChI is InChI=1S/C21H22N4O2/c1-5-27-19(26)18-15-10-13-11-22-20(21(2,3)4)25(13)16-9-7-6-8-14(16)17(15)23-12-24-18/h6-9,11-12H,5,10H2,1-4H3. The lowest BCUT2D eigenvalue weighted by atomic mass is 9.95. The highest BCUT2D eigenvalue weighted by atomic mass is 16.5. The highest BCUT2D eigenvalue weighted by molar-refractivity contribution is 5.92. The van der Waals surface area contributed by atoms with Crippen molar-refractivity contribution in [2.24, 2.45) is 0 Å². The molecule has 138 valence electrons. The average Bonchev–Trinajstić information content (AvgIpc) is 3.00. The minimum absolute atomic E-state index is 0.127. The second kappa shape index (κ2) is 6.30. The fraction of sp³-hybridized carbons (Fsp3) is 0.333. The third-order valence-corrected chi connectivity index (χ3v) is 4.68. The SMILES string of the molecule is CCOC(=O)c1ncnc2c1Cc1cnc(C(C)(C)C)n1-c1ccccc1-2. The van der Waals surface area contributed by atoms with Crippen LogP contribution in [0.25, 0.3) is 16.9 Å². The normalized spacial score (nSPS) is 12.6. The van der Waals surface area contributed by atoms with Crippen LogP contribution in [-0.2, 0) is 16.6 Å². The van der Waals surface area contributed by atoms with Gasteiger partial charge in [-0.2, -0.15) is 0 Å². The fourth-order valence-corrected chi connectivity index (χ4v) is 3.55. The molecule has 0 spiro atoms. The molecule has 4 rings (SSSR count). The van der Waals surface area contributed by atoms with Gasteiger partial charge in [-0.25, -0.2) is 19.7 Å². The maximum absolute atomic E-state index is 12.5. The molecular formula is C21H22N4O2. The molecule has 27 heavy (non-hydrogen) atoms. The van der Waals surface area contributed by atoms with E-state index in [2.05, 4.69) is 41.4 Å². The zero-order valence-electron chi connectivity index (χ0n) is 16.0. The highest BCUT2D eigenvalue weighted by Crippen LogP contribution is 2.37. The van der Waals surface area contributed by atoms with Gasteiger partial charge in [0.05, 0.1) is 18.0 Å². The van der Waals surface area contributed by atoms with Crippen molar-refractivity contribution in [3.63, 3.8) is 0 Å². The Morgan fingerprint density at radius 2 is 1.96 bits per heavy atom. The van der Waals surface area contributed by atoms with Crippen LogP contribution < -0.4 is 0 Å². The molecule has 0 saturated heterocycles. The van der Waals surface area contributed by atoms with Crippen LogP contribution in [-0.4, -0.2) is 32.1 Å². The van der Waals surface area contributed by atoms with Gasteiger partial charge in [-0.3, -0.25) is 4.57 Å². The summed E-state index contributed by atoms with van der Waals surface area (Å²) in [6, 6.07) is 8.08. The molecule has 0 saturated carbocycles. The monoisotopic (exact) mass is 362 g/mol. The van der Waals surface area contributed by atoms with Gasteiger partial charge in [0.25, 0.3) is 0 Å². The molecule has 1 aromatic carbocycles. The number of imidazole rings is 1. The van der Waals surface area contributed by atoms with Crippen LogP contribution in [0.15, 0.2) is 36.8 Å². The van der Waals surface area contributed by atoms with Crippen molar-refractivity contribution in [3.8, 4) is 16.9 Å². The van der Waals surface area contributed by atoms with Gasteiger partial charge in [0.1, 0.15) is 12.2 Å². The van der Waals surface area contributed by atoms with Crippen molar-refractivity contribution in [1.82, 2.24) is 19.5 Å². The van der Waals surface area contributed by atoms with Crippen molar-refractivity contribution >= 4 is 5.97 Å². The predicted octanol–water partition coefficient (Wildman–Crippen LogP) is 3.71. The van der Waals surface area contributed by atoms with Gasteiger partial charge in [0.15, 0.2) is 5.69 Å². The largest absolute Gasteiger partial charge is 0.461 e. The minimum Gasteiger partial charge on any atom is -0.461 e. The third-order valence-electron chi connectivity index (χ3n) is 4.68. The van der Waals surface area contributed by atoms with Gasteiger partial charge >= 0.3 is 5.97 Å². The molecule has 6 nitrogen and oxygen atoms in total. The zero-order chi connectivity index (χ0) is 19.2. The summed E-state index contributed by atoms with van der Waals surface area (Å²) in [6.45, 7) is 8.53. The number of hydrogen-bond donors (Lipinski definition) is 0. The van der Waals surface area contributed by atoms with Gasteiger partial charge in [0, 0.05) is 34.9 Å². The van der Waals surface area contributed by atoms with Crippen molar-refractivity contribution in [2.75, 3.05) is 6.61 Å². The first-order chi connectivity index (χ1) is 12.9. The van der Waals surface area contributed by atoms with Crippen LogP contribution in [0.5, 0.6) is 0 Å². The number of aromatic nitrogens is 4. The summed E-state index contributed by atoms with van der Waals surface area (Å²) in [5, 5.41) is 0. The lowest BCUT2D eigenvalue weighted by Crippen LogP contribution is -2.19. The number of carbonyl (C=O) groups excluding carboxylic acids is 1. The van der Waals surface area contributed by atoms with Crippen LogP contribution in [0, 0.1) is 0 Å².